The second-order valence-electron chi connectivity index (χ2n) is 7.47. The van der Waals surface area contributed by atoms with E-state index in [1.165, 1.54) is 0 Å². The Morgan fingerprint density at radius 1 is 1.35 bits per heavy atom. The van der Waals surface area contributed by atoms with Crippen LogP contribution in [0.2, 0.25) is 0 Å². The van der Waals surface area contributed by atoms with Gasteiger partial charge in [0, 0.05) is 30.1 Å². The molecule has 124 valence electrons. The first-order valence-corrected chi connectivity index (χ1v) is 8.38. The molecule has 0 saturated carbocycles. The zero-order valence-corrected chi connectivity index (χ0v) is 14.2. The molecule has 2 heterocycles. The van der Waals surface area contributed by atoms with Crippen LogP contribution >= 0.6 is 0 Å². The van der Waals surface area contributed by atoms with Crippen LogP contribution < -0.4 is 5.32 Å². The van der Waals surface area contributed by atoms with Gasteiger partial charge in [0.2, 0.25) is 5.91 Å². The van der Waals surface area contributed by atoms with Gasteiger partial charge in [0.1, 0.15) is 0 Å². The number of likely N-dealkylation sites (tertiary alicyclic amines) is 1. The maximum absolute atomic E-state index is 12.3. The molecule has 1 aliphatic heterocycles. The third-order valence-electron chi connectivity index (χ3n) is 4.68. The van der Waals surface area contributed by atoms with Crippen molar-refractivity contribution in [3.05, 3.63) is 30.0 Å². The summed E-state index contributed by atoms with van der Waals surface area (Å²) in [7, 11) is 0. The highest BCUT2D eigenvalue weighted by molar-refractivity contribution is 5.83. The van der Waals surface area contributed by atoms with E-state index in [-0.39, 0.29) is 11.4 Å². The number of nitrogens with one attached hydrogen (secondary N) is 2. The number of hydrogen-bond donors (Lipinski definition) is 2. The van der Waals surface area contributed by atoms with Crippen LogP contribution in [-0.2, 0) is 11.2 Å². The molecule has 0 spiro atoms. The highest BCUT2D eigenvalue weighted by Gasteiger charge is 2.27. The van der Waals surface area contributed by atoms with E-state index < -0.39 is 0 Å². The van der Waals surface area contributed by atoms with Crippen LogP contribution in [0.4, 0.5) is 0 Å². The molecule has 0 bridgehead atoms. The number of benzene rings is 1. The number of piperidine rings is 1. The molecule has 1 saturated heterocycles. The fraction of sp³-hybridized carbons (Fsp3) is 0.556. The van der Waals surface area contributed by atoms with Crippen molar-refractivity contribution in [2.24, 2.45) is 0 Å². The normalized spacial score (nSPS) is 17.5. The van der Waals surface area contributed by atoms with Gasteiger partial charge >= 0.3 is 0 Å². The summed E-state index contributed by atoms with van der Waals surface area (Å²) < 4.78 is 0. The number of amides is 1. The number of aromatic amines is 1. The van der Waals surface area contributed by atoms with Crippen molar-refractivity contribution in [3.63, 3.8) is 0 Å². The summed E-state index contributed by atoms with van der Waals surface area (Å²) >= 11 is 0. The van der Waals surface area contributed by atoms with Crippen molar-refractivity contribution in [1.82, 2.24) is 20.4 Å². The highest BCUT2D eigenvalue weighted by Crippen LogP contribution is 2.20. The molecular weight excluding hydrogens is 288 g/mol. The van der Waals surface area contributed by atoms with Gasteiger partial charge in [0.05, 0.1) is 18.1 Å². The van der Waals surface area contributed by atoms with Crippen LogP contribution in [-0.4, -0.2) is 45.7 Å². The Hall–Kier alpha value is -1.88. The van der Waals surface area contributed by atoms with Gasteiger partial charge in [-0.15, -0.1) is 0 Å². The Balaban J connectivity index is 1.52. The van der Waals surface area contributed by atoms with Gasteiger partial charge < -0.3 is 5.32 Å². The molecule has 5 nitrogen and oxygen atoms in total. The zero-order chi connectivity index (χ0) is 16.4. The van der Waals surface area contributed by atoms with Crippen LogP contribution in [0.15, 0.2) is 24.4 Å². The lowest BCUT2D eigenvalue weighted by atomic mass is 9.98. The van der Waals surface area contributed by atoms with Crippen LogP contribution in [0.3, 0.4) is 0 Å². The van der Waals surface area contributed by atoms with Crippen LogP contribution in [0.5, 0.6) is 0 Å². The molecule has 2 N–H and O–H groups in total. The first-order chi connectivity index (χ1) is 10.9. The van der Waals surface area contributed by atoms with Crippen molar-refractivity contribution in [2.45, 2.75) is 51.6 Å². The Kier molecular flexibility index (Phi) is 4.39. The quantitative estimate of drug-likeness (QED) is 0.915. The molecule has 1 aromatic carbocycles. The van der Waals surface area contributed by atoms with Crippen LogP contribution in [0.25, 0.3) is 10.9 Å². The number of H-pyrrole nitrogens is 1. The predicted molar refractivity (Wildman–Crippen MR) is 92.3 cm³/mol. The second-order valence-corrected chi connectivity index (χ2v) is 7.47. The van der Waals surface area contributed by atoms with Gasteiger partial charge in [-0.1, -0.05) is 6.07 Å². The highest BCUT2D eigenvalue weighted by atomic mass is 16.1. The number of nitrogens with zero attached hydrogens (tertiary/aromatic N) is 2. The molecule has 1 fully saturated rings. The van der Waals surface area contributed by atoms with Gasteiger partial charge in [-0.25, -0.2) is 0 Å². The molecule has 0 unspecified atom stereocenters. The van der Waals surface area contributed by atoms with Crippen LogP contribution in [0.1, 0.15) is 39.2 Å². The molecule has 0 radical (unpaired) electrons. The molecule has 5 heteroatoms. The maximum atomic E-state index is 12.3. The van der Waals surface area contributed by atoms with E-state index in [0.717, 1.165) is 42.4 Å². The Bertz CT molecular complexity index is 678. The molecule has 2 aromatic rings. The summed E-state index contributed by atoms with van der Waals surface area (Å²) in [5.74, 6) is 0.113. The maximum Gasteiger partial charge on any atom is 0.224 e. The minimum absolute atomic E-state index is 0.113. The summed E-state index contributed by atoms with van der Waals surface area (Å²) in [4.78, 5) is 14.8. The van der Waals surface area contributed by atoms with E-state index in [2.05, 4.69) is 41.2 Å². The van der Waals surface area contributed by atoms with Crippen molar-refractivity contribution >= 4 is 16.8 Å². The molecule has 23 heavy (non-hydrogen) atoms. The van der Waals surface area contributed by atoms with Crippen molar-refractivity contribution in [3.8, 4) is 0 Å². The number of carbonyl (C=O) groups excluding carboxylic acids is 1. The molecule has 1 aliphatic rings. The van der Waals surface area contributed by atoms with Crippen molar-refractivity contribution in [1.29, 1.82) is 0 Å². The molecule has 3 rings (SSSR count). The fourth-order valence-electron chi connectivity index (χ4n) is 3.26. The molecular formula is C18H26N4O. The first-order valence-electron chi connectivity index (χ1n) is 8.38. The molecule has 0 aliphatic carbocycles. The first kappa shape index (κ1) is 16.0. The third kappa shape index (κ3) is 3.91. The smallest absolute Gasteiger partial charge is 0.224 e. The lowest BCUT2D eigenvalue weighted by Gasteiger charge is -2.41. The van der Waals surface area contributed by atoms with E-state index >= 15 is 0 Å². The summed E-state index contributed by atoms with van der Waals surface area (Å²) in [6.07, 6.45) is 4.28. The average Bonchev–Trinajstić information content (AvgIpc) is 2.94. The largest absolute Gasteiger partial charge is 0.353 e. The van der Waals surface area contributed by atoms with Gasteiger partial charge in [0.15, 0.2) is 0 Å². The average molecular weight is 314 g/mol. The number of fused-ring (bicyclic) bond motifs is 1. The number of aromatic nitrogens is 2. The zero-order valence-electron chi connectivity index (χ0n) is 14.2. The summed E-state index contributed by atoms with van der Waals surface area (Å²) in [5.41, 5.74) is 2.25. The summed E-state index contributed by atoms with van der Waals surface area (Å²) in [5, 5.41) is 11.2. The lowest BCUT2D eigenvalue weighted by Crippen LogP contribution is -2.51. The number of rotatable bonds is 3. The predicted octanol–water partition coefficient (Wildman–Crippen LogP) is 2.48. The van der Waals surface area contributed by atoms with Gasteiger partial charge in [-0.3, -0.25) is 14.8 Å². The molecule has 1 amide bonds. The van der Waals surface area contributed by atoms with E-state index in [1.807, 2.05) is 18.2 Å². The third-order valence-corrected chi connectivity index (χ3v) is 4.68. The Morgan fingerprint density at radius 2 is 2.09 bits per heavy atom. The van der Waals surface area contributed by atoms with Gasteiger partial charge in [0.25, 0.3) is 0 Å². The lowest BCUT2D eigenvalue weighted by molar-refractivity contribution is -0.121. The minimum Gasteiger partial charge on any atom is -0.353 e. The van der Waals surface area contributed by atoms with E-state index in [0.29, 0.717) is 12.5 Å². The van der Waals surface area contributed by atoms with Gasteiger partial charge in [-0.05, 0) is 51.3 Å². The van der Waals surface area contributed by atoms with E-state index in [9.17, 15) is 4.79 Å². The topological polar surface area (TPSA) is 61.0 Å². The van der Waals surface area contributed by atoms with Crippen LogP contribution in [0, 0.1) is 0 Å². The number of hydrogen-bond acceptors (Lipinski definition) is 3. The van der Waals surface area contributed by atoms with Gasteiger partial charge in [-0.2, -0.15) is 5.10 Å². The summed E-state index contributed by atoms with van der Waals surface area (Å²) in [6, 6.07) is 6.30. The number of carbonyl (C=O) groups is 1. The molecule has 1 aromatic heterocycles. The Morgan fingerprint density at radius 3 is 2.78 bits per heavy atom. The second kappa shape index (κ2) is 6.32. The monoisotopic (exact) mass is 314 g/mol. The minimum atomic E-state index is 0.113. The van der Waals surface area contributed by atoms with E-state index in [4.69, 9.17) is 0 Å². The molecule has 0 atom stereocenters. The Labute approximate surface area is 137 Å². The van der Waals surface area contributed by atoms with E-state index in [1.54, 1.807) is 6.20 Å². The summed E-state index contributed by atoms with van der Waals surface area (Å²) in [6.45, 7) is 8.85. The van der Waals surface area contributed by atoms with Crippen molar-refractivity contribution in [2.75, 3.05) is 13.1 Å². The fourth-order valence-corrected chi connectivity index (χ4v) is 3.26. The standard InChI is InChI=1S/C18H26N4O/c1-18(2,3)22-8-6-15(7-9-22)20-17(23)11-13-4-5-16-14(10-13)12-19-21-16/h4-5,10,12,15H,6-9,11H2,1-3H3,(H,19,21)(H,20,23). The SMILES string of the molecule is CC(C)(C)N1CCC(NC(=O)Cc2ccc3[nH]ncc3c2)CC1. The van der Waals surface area contributed by atoms with Crippen molar-refractivity contribution < 1.29 is 4.79 Å².